The molecule has 2 aliphatic rings. The average Bonchev–Trinajstić information content (AvgIpc) is 3.58. The zero-order valence-electron chi connectivity index (χ0n) is 26.4. The molecule has 3 aromatic carbocycles. The minimum atomic E-state index is -2.73. The molecule has 5 rings (SSSR count). The van der Waals surface area contributed by atoms with Crippen LogP contribution in [0, 0.1) is 0 Å². The molecule has 10 heteroatoms. The van der Waals surface area contributed by atoms with Gasteiger partial charge in [0.05, 0.1) is 0 Å². The third-order valence-corrected chi connectivity index (χ3v) is 16.6. The summed E-state index contributed by atoms with van der Waals surface area (Å²) in [5.74, 6) is -0.471. The van der Waals surface area contributed by atoms with Gasteiger partial charge in [-0.15, -0.1) is 0 Å². The summed E-state index contributed by atoms with van der Waals surface area (Å²) in [6.07, 6.45) is 0.976. The number of benzene rings is 3. The van der Waals surface area contributed by atoms with Crippen molar-refractivity contribution in [3.05, 3.63) is 91.0 Å². The van der Waals surface area contributed by atoms with Crippen molar-refractivity contribution in [1.29, 1.82) is 0 Å². The summed E-state index contributed by atoms with van der Waals surface area (Å²) in [4.78, 5) is 5.09. The predicted octanol–water partition coefficient (Wildman–Crippen LogP) is 6.85. The number of aliphatic imine (C=N–C) groups is 1. The van der Waals surface area contributed by atoms with E-state index < -0.39 is 17.9 Å². The van der Waals surface area contributed by atoms with Gasteiger partial charge < -0.3 is 0 Å². The molecule has 242 valence electrons. The van der Waals surface area contributed by atoms with Crippen LogP contribution >= 0.6 is 34.8 Å². The normalized spacial score (nSPS) is 22.6. The third-order valence-electron chi connectivity index (χ3n) is 8.26. The molecule has 0 unspecified atom stereocenters. The molecule has 0 N–H and O–H groups in total. The molecule has 45 heavy (non-hydrogen) atoms. The summed E-state index contributed by atoms with van der Waals surface area (Å²) in [6.45, 7) is 11.7. The van der Waals surface area contributed by atoms with Gasteiger partial charge in [0, 0.05) is 0 Å². The standard InChI is InChI=1S/C35H42Cl3NO4SeSi/c1-33(2,3)45(27-17-11-7-12-18-27,28-19-13-8-14-20-28)41-22-21-29-31(39-32(42-29)35(36,37)38)30(44-26-15-9-6-10-16-26)23-25-24-40-34(4,5)43-25/h6-20,25,29-31H,21-24H2,1-5H3/t25-,29-,30+,31+/m0/s1. The number of alkyl halides is 3. The van der Waals surface area contributed by atoms with Gasteiger partial charge in [-0.05, 0) is 0 Å². The fraction of sp³-hybridized carbons (Fsp3) is 0.457. The monoisotopic (exact) mass is 753 g/mol. The maximum absolute atomic E-state index is 7.23. The summed E-state index contributed by atoms with van der Waals surface area (Å²) in [6, 6.07) is 31.6. The molecular formula is C35H42Cl3NO4SeSi. The Bertz CT molecular complexity index is 1380. The number of ether oxygens (including phenoxy) is 3. The van der Waals surface area contributed by atoms with E-state index in [-0.39, 0.29) is 49.0 Å². The van der Waals surface area contributed by atoms with Gasteiger partial charge >= 0.3 is 292 Å². The van der Waals surface area contributed by atoms with E-state index in [2.05, 4.69) is 106 Å². The van der Waals surface area contributed by atoms with Crippen molar-refractivity contribution in [2.45, 2.75) is 85.1 Å². The van der Waals surface area contributed by atoms with Crippen LogP contribution in [0.5, 0.6) is 0 Å². The first kappa shape index (κ1) is 34.9. The molecule has 0 saturated carbocycles. The molecule has 4 atom stereocenters. The Labute approximate surface area is 290 Å². The molecule has 0 bridgehead atoms. The fourth-order valence-corrected chi connectivity index (χ4v) is 14.0. The second-order valence-electron chi connectivity index (χ2n) is 13.0. The zero-order valence-corrected chi connectivity index (χ0v) is 31.4. The SMILES string of the molecule is CC1(C)OC[C@H](C[C@@H]([Se]c2ccccc2)[C@@H]2N=C(C(Cl)(Cl)Cl)O[C@H]2CCO[Si](c2ccccc2)(c2ccccc2)C(C)(C)C)O1. The number of halogens is 3. The first-order valence-corrected chi connectivity index (χ1v) is 20.3. The van der Waals surface area contributed by atoms with Gasteiger partial charge in [-0.25, -0.2) is 0 Å². The van der Waals surface area contributed by atoms with Crippen LogP contribution in [0.3, 0.4) is 0 Å². The molecule has 3 aromatic rings. The maximum atomic E-state index is 7.23. The number of hydrogen-bond donors (Lipinski definition) is 0. The van der Waals surface area contributed by atoms with Crippen molar-refractivity contribution in [2.24, 2.45) is 4.99 Å². The average molecular weight is 754 g/mol. The number of nitrogens with zero attached hydrogens (tertiary/aromatic N) is 1. The molecule has 0 radical (unpaired) electrons. The Morgan fingerprint density at radius 3 is 1.96 bits per heavy atom. The quantitative estimate of drug-likeness (QED) is 0.159. The first-order chi connectivity index (χ1) is 21.3. The van der Waals surface area contributed by atoms with Gasteiger partial charge in [0.2, 0.25) is 0 Å². The van der Waals surface area contributed by atoms with Crippen molar-refractivity contribution < 1.29 is 18.6 Å². The summed E-state index contributed by atoms with van der Waals surface area (Å²) in [7, 11) is -2.73. The van der Waals surface area contributed by atoms with Gasteiger partial charge in [0.15, 0.2) is 0 Å². The Kier molecular flexibility index (Phi) is 11.2. The van der Waals surface area contributed by atoms with E-state index in [0.717, 1.165) is 6.42 Å². The van der Waals surface area contributed by atoms with Crippen LogP contribution in [0.15, 0.2) is 96.0 Å². The molecule has 5 nitrogen and oxygen atoms in total. The predicted molar refractivity (Wildman–Crippen MR) is 190 cm³/mol. The summed E-state index contributed by atoms with van der Waals surface area (Å²) in [5.41, 5.74) is 0. The van der Waals surface area contributed by atoms with Crippen LogP contribution in [0.1, 0.15) is 47.5 Å². The molecule has 0 aromatic heterocycles. The van der Waals surface area contributed by atoms with Crippen molar-refractivity contribution >= 4 is 78.8 Å². The summed E-state index contributed by atoms with van der Waals surface area (Å²) in [5, 5.41) is 2.32. The first-order valence-electron chi connectivity index (χ1n) is 15.4. The van der Waals surface area contributed by atoms with Gasteiger partial charge in [0.1, 0.15) is 0 Å². The number of hydrogen-bond acceptors (Lipinski definition) is 5. The van der Waals surface area contributed by atoms with Crippen LogP contribution in [0.25, 0.3) is 0 Å². The van der Waals surface area contributed by atoms with E-state index in [9.17, 15) is 0 Å². The van der Waals surface area contributed by atoms with Crippen molar-refractivity contribution in [3.63, 3.8) is 0 Å². The van der Waals surface area contributed by atoms with Crippen molar-refractivity contribution in [1.82, 2.24) is 0 Å². The van der Waals surface area contributed by atoms with Crippen LogP contribution in [-0.2, 0) is 18.6 Å². The van der Waals surface area contributed by atoms with E-state index >= 15 is 0 Å². The van der Waals surface area contributed by atoms with Crippen LogP contribution in [-0.4, -0.2) is 70.2 Å². The van der Waals surface area contributed by atoms with Gasteiger partial charge in [0.25, 0.3) is 0 Å². The van der Waals surface area contributed by atoms with E-state index in [1.165, 1.54) is 14.8 Å². The molecule has 1 saturated heterocycles. The second-order valence-corrected chi connectivity index (χ2v) is 22.4. The fourth-order valence-electron chi connectivity index (χ4n) is 6.31. The Morgan fingerprint density at radius 2 is 1.47 bits per heavy atom. The Morgan fingerprint density at radius 1 is 0.911 bits per heavy atom. The zero-order chi connectivity index (χ0) is 32.3. The van der Waals surface area contributed by atoms with Crippen LogP contribution in [0.2, 0.25) is 9.85 Å². The van der Waals surface area contributed by atoms with Gasteiger partial charge in [-0.1, -0.05) is 0 Å². The number of rotatable bonds is 11. The van der Waals surface area contributed by atoms with Gasteiger partial charge in [-0.2, -0.15) is 0 Å². The minimum absolute atomic E-state index is 0.0506. The molecule has 0 spiro atoms. The van der Waals surface area contributed by atoms with Crippen molar-refractivity contribution in [2.75, 3.05) is 13.2 Å². The molecular weight excluding hydrogens is 712 g/mol. The second kappa shape index (κ2) is 14.4. The van der Waals surface area contributed by atoms with Crippen molar-refractivity contribution in [3.8, 4) is 0 Å². The Balaban J connectivity index is 1.44. The molecule has 0 aliphatic carbocycles. The molecule has 0 amide bonds. The molecule has 2 aliphatic heterocycles. The van der Waals surface area contributed by atoms with E-state index in [4.69, 9.17) is 58.4 Å². The van der Waals surface area contributed by atoms with Crippen LogP contribution < -0.4 is 14.8 Å². The third kappa shape index (κ3) is 8.38. The van der Waals surface area contributed by atoms with E-state index in [1.807, 2.05) is 19.9 Å². The van der Waals surface area contributed by atoms with E-state index in [0.29, 0.717) is 19.6 Å². The molecule has 1 fully saturated rings. The van der Waals surface area contributed by atoms with Gasteiger partial charge in [-0.3, -0.25) is 0 Å². The topological polar surface area (TPSA) is 49.3 Å². The molecule has 2 heterocycles. The van der Waals surface area contributed by atoms with E-state index in [1.54, 1.807) is 0 Å². The summed E-state index contributed by atoms with van der Waals surface area (Å²) >= 11 is 19.2. The van der Waals surface area contributed by atoms with Crippen LogP contribution in [0.4, 0.5) is 0 Å². The summed E-state index contributed by atoms with van der Waals surface area (Å²) < 4.78 is 25.3. The Hall–Kier alpha value is -1.38.